The summed E-state index contributed by atoms with van der Waals surface area (Å²) in [7, 11) is 0. The number of para-hydroxylation sites is 1. The Labute approximate surface area is 159 Å². The van der Waals surface area contributed by atoms with Crippen LogP contribution in [0.5, 0.6) is 0 Å². The molecular weight excluding hydrogens is 375 g/mol. The molecule has 3 rings (SSSR count). The molecule has 26 heavy (non-hydrogen) atoms. The van der Waals surface area contributed by atoms with Gasteiger partial charge < -0.3 is 15.7 Å². The van der Waals surface area contributed by atoms with Crippen LogP contribution in [0.2, 0.25) is 10.0 Å². The number of halogens is 2. The van der Waals surface area contributed by atoms with Crippen molar-refractivity contribution in [3.8, 4) is 0 Å². The van der Waals surface area contributed by atoms with E-state index in [-0.39, 0.29) is 5.56 Å². The second-order valence-corrected chi connectivity index (χ2v) is 6.23. The first kappa shape index (κ1) is 18.0. The molecule has 0 amide bonds. The second-order valence-electron chi connectivity index (χ2n) is 5.42. The molecule has 6 nitrogen and oxygen atoms in total. The summed E-state index contributed by atoms with van der Waals surface area (Å²) in [6.45, 7) is 1.75. The number of nitrogens with zero attached hydrogens (tertiary/aromatic N) is 2. The Hall–Kier alpha value is -2.83. The molecule has 0 saturated heterocycles. The molecule has 0 bridgehead atoms. The molecule has 3 aromatic rings. The molecule has 3 N–H and O–H groups in total. The first-order valence-corrected chi connectivity index (χ1v) is 8.35. The Bertz CT molecular complexity index is 959. The minimum absolute atomic E-state index is 0.182. The molecule has 0 aliphatic carbocycles. The summed E-state index contributed by atoms with van der Waals surface area (Å²) in [5.74, 6) is 0.536. The van der Waals surface area contributed by atoms with Crippen molar-refractivity contribution in [2.24, 2.45) is 0 Å². The first-order chi connectivity index (χ1) is 12.4. The maximum Gasteiger partial charge on any atom is 0.335 e. The van der Waals surface area contributed by atoms with Gasteiger partial charge in [-0.3, -0.25) is 0 Å². The zero-order valence-corrected chi connectivity index (χ0v) is 15.1. The number of rotatable bonds is 5. The maximum absolute atomic E-state index is 11.1. The molecule has 2 aromatic carbocycles. The van der Waals surface area contributed by atoms with Crippen LogP contribution in [0.1, 0.15) is 16.2 Å². The number of carbonyl (C=O) groups is 1. The number of nitrogens with one attached hydrogen (secondary N) is 2. The van der Waals surface area contributed by atoms with Crippen LogP contribution in [0.3, 0.4) is 0 Å². The molecular formula is C18H14Cl2N4O2. The first-order valence-electron chi connectivity index (χ1n) is 7.59. The minimum atomic E-state index is -0.997. The van der Waals surface area contributed by atoms with E-state index in [1.54, 1.807) is 43.3 Å². The Morgan fingerprint density at radius 3 is 2.23 bits per heavy atom. The molecule has 0 fully saturated rings. The van der Waals surface area contributed by atoms with Crippen molar-refractivity contribution in [2.75, 3.05) is 10.6 Å². The summed E-state index contributed by atoms with van der Waals surface area (Å²) in [6, 6.07) is 13.3. The Balaban J connectivity index is 1.88. The van der Waals surface area contributed by atoms with Crippen molar-refractivity contribution in [1.82, 2.24) is 9.97 Å². The van der Waals surface area contributed by atoms with E-state index in [0.29, 0.717) is 38.9 Å². The summed E-state index contributed by atoms with van der Waals surface area (Å²) in [5.41, 5.74) is 1.33. The molecule has 0 aliphatic rings. The highest BCUT2D eigenvalue weighted by atomic mass is 35.5. The lowest BCUT2D eigenvalue weighted by Gasteiger charge is -2.12. The zero-order valence-electron chi connectivity index (χ0n) is 13.6. The van der Waals surface area contributed by atoms with Crippen LogP contribution in [-0.2, 0) is 0 Å². The number of carboxylic acid groups (broad SMARTS) is 1. The zero-order chi connectivity index (χ0) is 18.7. The molecule has 1 heterocycles. The lowest BCUT2D eigenvalue weighted by Crippen LogP contribution is -2.03. The van der Waals surface area contributed by atoms with Crippen molar-refractivity contribution in [3.05, 3.63) is 70.0 Å². The average molecular weight is 389 g/mol. The lowest BCUT2D eigenvalue weighted by molar-refractivity contribution is 0.0697. The fourth-order valence-electron chi connectivity index (χ4n) is 2.32. The number of aromatic nitrogens is 2. The van der Waals surface area contributed by atoms with Gasteiger partial charge in [0.1, 0.15) is 17.5 Å². The van der Waals surface area contributed by atoms with Gasteiger partial charge in [0.05, 0.1) is 21.3 Å². The standard InChI is InChI=1S/C18H14Cl2N4O2/c1-10-21-15(23-12-5-2-4-11(8-12)18(25)26)9-16(22-10)24-17-13(19)6-3-7-14(17)20/h2-9H,1H3,(H,25,26)(H2,21,22,23,24). The van der Waals surface area contributed by atoms with Gasteiger partial charge in [0.15, 0.2) is 0 Å². The maximum atomic E-state index is 11.1. The average Bonchev–Trinajstić information content (AvgIpc) is 2.58. The number of carboxylic acids is 1. The Morgan fingerprint density at radius 1 is 0.962 bits per heavy atom. The number of hydrogen-bond acceptors (Lipinski definition) is 5. The number of aryl methyl sites for hydroxylation is 1. The van der Waals surface area contributed by atoms with Gasteiger partial charge in [0.2, 0.25) is 0 Å². The Kier molecular flexibility index (Phi) is 5.25. The fourth-order valence-corrected chi connectivity index (χ4v) is 2.81. The van der Waals surface area contributed by atoms with Gasteiger partial charge in [0, 0.05) is 11.8 Å². The topological polar surface area (TPSA) is 87.1 Å². The number of anilines is 4. The van der Waals surface area contributed by atoms with Gasteiger partial charge in [-0.2, -0.15) is 0 Å². The van der Waals surface area contributed by atoms with E-state index in [4.69, 9.17) is 28.3 Å². The molecule has 0 unspecified atom stereocenters. The van der Waals surface area contributed by atoms with E-state index < -0.39 is 5.97 Å². The van der Waals surface area contributed by atoms with E-state index in [0.717, 1.165) is 0 Å². The SMILES string of the molecule is Cc1nc(Nc2cccc(C(=O)O)c2)cc(Nc2c(Cl)cccc2Cl)n1. The third-order valence-corrected chi connectivity index (χ3v) is 4.07. The van der Waals surface area contributed by atoms with Crippen molar-refractivity contribution in [1.29, 1.82) is 0 Å². The van der Waals surface area contributed by atoms with E-state index in [1.165, 1.54) is 12.1 Å². The fraction of sp³-hybridized carbons (Fsp3) is 0.0556. The molecule has 0 radical (unpaired) electrons. The summed E-state index contributed by atoms with van der Waals surface area (Å²) in [4.78, 5) is 19.7. The van der Waals surface area contributed by atoms with Crippen LogP contribution >= 0.6 is 23.2 Å². The largest absolute Gasteiger partial charge is 0.478 e. The third-order valence-electron chi connectivity index (χ3n) is 3.44. The summed E-state index contributed by atoms with van der Waals surface area (Å²) in [6.07, 6.45) is 0. The van der Waals surface area contributed by atoms with Crippen LogP contribution in [0.4, 0.5) is 23.0 Å². The molecule has 0 atom stereocenters. The van der Waals surface area contributed by atoms with E-state index in [9.17, 15) is 4.79 Å². The smallest absolute Gasteiger partial charge is 0.335 e. The van der Waals surface area contributed by atoms with Gasteiger partial charge in [-0.25, -0.2) is 14.8 Å². The number of benzene rings is 2. The van der Waals surface area contributed by atoms with E-state index in [2.05, 4.69) is 20.6 Å². The van der Waals surface area contributed by atoms with Crippen molar-refractivity contribution < 1.29 is 9.90 Å². The molecule has 8 heteroatoms. The van der Waals surface area contributed by atoms with Gasteiger partial charge in [-0.15, -0.1) is 0 Å². The molecule has 0 aliphatic heterocycles. The van der Waals surface area contributed by atoms with Gasteiger partial charge in [-0.05, 0) is 37.3 Å². The van der Waals surface area contributed by atoms with Crippen LogP contribution in [-0.4, -0.2) is 21.0 Å². The van der Waals surface area contributed by atoms with Gasteiger partial charge >= 0.3 is 5.97 Å². The predicted octanol–water partition coefficient (Wildman–Crippen LogP) is 5.28. The molecule has 132 valence electrons. The molecule has 1 aromatic heterocycles. The monoisotopic (exact) mass is 388 g/mol. The van der Waals surface area contributed by atoms with Crippen molar-refractivity contribution in [2.45, 2.75) is 6.92 Å². The van der Waals surface area contributed by atoms with Crippen molar-refractivity contribution >= 4 is 52.2 Å². The number of aromatic carboxylic acids is 1. The highest BCUT2D eigenvalue weighted by Gasteiger charge is 2.09. The predicted molar refractivity (Wildman–Crippen MR) is 103 cm³/mol. The summed E-state index contributed by atoms with van der Waals surface area (Å²) in [5, 5.41) is 16.2. The summed E-state index contributed by atoms with van der Waals surface area (Å²) < 4.78 is 0. The van der Waals surface area contributed by atoms with Gasteiger partial charge in [-0.1, -0.05) is 35.3 Å². The van der Waals surface area contributed by atoms with Gasteiger partial charge in [0.25, 0.3) is 0 Å². The van der Waals surface area contributed by atoms with Crippen LogP contribution in [0.15, 0.2) is 48.5 Å². The number of hydrogen-bond donors (Lipinski definition) is 3. The lowest BCUT2D eigenvalue weighted by atomic mass is 10.2. The van der Waals surface area contributed by atoms with E-state index in [1.807, 2.05) is 0 Å². The van der Waals surface area contributed by atoms with Crippen molar-refractivity contribution in [3.63, 3.8) is 0 Å². The highest BCUT2D eigenvalue weighted by molar-refractivity contribution is 6.39. The molecule has 0 saturated carbocycles. The second kappa shape index (κ2) is 7.59. The van der Waals surface area contributed by atoms with Crippen LogP contribution < -0.4 is 10.6 Å². The van der Waals surface area contributed by atoms with Crippen LogP contribution in [0.25, 0.3) is 0 Å². The Morgan fingerprint density at radius 2 is 1.58 bits per heavy atom. The highest BCUT2D eigenvalue weighted by Crippen LogP contribution is 2.32. The molecule has 0 spiro atoms. The minimum Gasteiger partial charge on any atom is -0.478 e. The normalized spacial score (nSPS) is 10.4. The van der Waals surface area contributed by atoms with Crippen LogP contribution in [0, 0.1) is 6.92 Å². The quantitative estimate of drug-likeness (QED) is 0.551. The summed E-state index contributed by atoms with van der Waals surface area (Å²) >= 11 is 12.3. The third kappa shape index (κ3) is 4.22. The van der Waals surface area contributed by atoms with E-state index >= 15 is 0 Å².